The van der Waals surface area contributed by atoms with Crippen molar-refractivity contribution in [2.75, 3.05) is 0 Å². The molecule has 0 aliphatic rings. The molecule has 3 nitrogen and oxygen atoms in total. The van der Waals surface area contributed by atoms with Gasteiger partial charge in [-0.15, -0.1) is 0 Å². The maximum atomic E-state index is 8.92. The Bertz CT molecular complexity index is 761. The standard InChI is InChI=1S/C16H10N2O/c17-11-13-10-9-12-5-4-8-15(16(12)18-13)19-14-6-2-1-3-7-14/h1-10H. The van der Waals surface area contributed by atoms with E-state index >= 15 is 0 Å². The minimum Gasteiger partial charge on any atom is -0.455 e. The van der Waals surface area contributed by atoms with E-state index in [1.807, 2.05) is 60.7 Å². The second-order valence-corrected chi connectivity index (χ2v) is 4.05. The van der Waals surface area contributed by atoms with Crippen molar-refractivity contribution in [2.45, 2.75) is 0 Å². The summed E-state index contributed by atoms with van der Waals surface area (Å²) in [6.07, 6.45) is 0. The van der Waals surface area contributed by atoms with Crippen LogP contribution < -0.4 is 4.74 Å². The zero-order valence-electron chi connectivity index (χ0n) is 10.1. The van der Waals surface area contributed by atoms with Crippen LogP contribution in [0.3, 0.4) is 0 Å². The average molecular weight is 246 g/mol. The molecular formula is C16H10N2O. The van der Waals surface area contributed by atoms with Crippen LogP contribution in [-0.2, 0) is 0 Å². The molecule has 0 bridgehead atoms. The van der Waals surface area contributed by atoms with Crippen molar-refractivity contribution in [3.63, 3.8) is 0 Å². The quantitative estimate of drug-likeness (QED) is 0.688. The number of rotatable bonds is 2. The monoisotopic (exact) mass is 246 g/mol. The molecule has 0 spiro atoms. The van der Waals surface area contributed by atoms with Crippen molar-refractivity contribution in [1.29, 1.82) is 5.26 Å². The summed E-state index contributed by atoms with van der Waals surface area (Å²) in [7, 11) is 0. The molecule has 3 rings (SSSR count). The van der Waals surface area contributed by atoms with E-state index in [1.54, 1.807) is 6.07 Å². The molecule has 0 unspecified atom stereocenters. The van der Waals surface area contributed by atoms with E-state index in [0.717, 1.165) is 11.1 Å². The van der Waals surface area contributed by atoms with Crippen LogP contribution in [-0.4, -0.2) is 4.98 Å². The van der Waals surface area contributed by atoms with Gasteiger partial charge in [0, 0.05) is 5.39 Å². The van der Waals surface area contributed by atoms with Crippen LogP contribution in [0.2, 0.25) is 0 Å². The molecule has 3 heteroatoms. The first kappa shape index (κ1) is 11.2. The summed E-state index contributed by atoms with van der Waals surface area (Å²) in [5.74, 6) is 1.40. The SMILES string of the molecule is N#Cc1ccc2cccc(Oc3ccccc3)c2n1. The van der Waals surface area contributed by atoms with Crippen molar-refractivity contribution < 1.29 is 4.74 Å². The molecule has 3 aromatic rings. The maximum Gasteiger partial charge on any atom is 0.153 e. The van der Waals surface area contributed by atoms with Crippen LogP contribution >= 0.6 is 0 Å². The highest BCUT2D eigenvalue weighted by Crippen LogP contribution is 2.28. The van der Waals surface area contributed by atoms with Gasteiger partial charge in [0.15, 0.2) is 5.75 Å². The minimum absolute atomic E-state index is 0.386. The van der Waals surface area contributed by atoms with Crippen LogP contribution in [0.15, 0.2) is 60.7 Å². The first-order valence-electron chi connectivity index (χ1n) is 5.89. The van der Waals surface area contributed by atoms with Gasteiger partial charge in [0.25, 0.3) is 0 Å². The topological polar surface area (TPSA) is 45.9 Å². The van der Waals surface area contributed by atoms with Crippen LogP contribution in [0.1, 0.15) is 5.69 Å². The summed E-state index contributed by atoms with van der Waals surface area (Å²) in [5, 5.41) is 9.88. The molecule has 0 saturated carbocycles. The lowest BCUT2D eigenvalue weighted by molar-refractivity contribution is 0.487. The van der Waals surface area contributed by atoms with Crippen molar-refractivity contribution in [3.8, 4) is 17.6 Å². The first-order valence-corrected chi connectivity index (χ1v) is 5.89. The van der Waals surface area contributed by atoms with Gasteiger partial charge in [-0.25, -0.2) is 4.98 Å². The Morgan fingerprint density at radius 3 is 2.53 bits per heavy atom. The Labute approximate surface area is 110 Å². The molecule has 1 aromatic heterocycles. The number of nitrogens with zero attached hydrogens (tertiary/aromatic N) is 2. The zero-order chi connectivity index (χ0) is 13.1. The Morgan fingerprint density at radius 1 is 0.895 bits per heavy atom. The lowest BCUT2D eigenvalue weighted by Crippen LogP contribution is -1.89. The summed E-state index contributed by atoms with van der Waals surface area (Å²) < 4.78 is 5.82. The van der Waals surface area contributed by atoms with Crippen LogP contribution in [0.25, 0.3) is 10.9 Å². The first-order chi connectivity index (χ1) is 9.36. The predicted molar refractivity (Wildman–Crippen MR) is 73.0 cm³/mol. The summed E-state index contributed by atoms with van der Waals surface area (Å²) in [6, 6.07) is 20.8. The van der Waals surface area contributed by atoms with Gasteiger partial charge in [0.05, 0.1) is 0 Å². The fraction of sp³-hybridized carbons (Fsp3) is 0. The number of para-hydroxylation sites is 2. The van der Waals surface area contributed by atoms with Gasteiger partial charge in [-0.2, -0.15) is 5.26 Å². The van der Waals surface area contributed by atoms with Crippen molar-refractivity contribution in [1.82, 2.24) is 4.98 Å². The number of pyridine rings is 1. The second-order valence-electron chi connectivity index (χ2n) is 4.05. The normalized spacial score (nSPS) is 10.1. The molecule has 0 amide bonds. The van der Waals surface area contributed by atoms with Crippen LogP contribution in [0, 0.1) is 11.3 Å². The Balaban J connectivity index is 2.11. The molecule has 0 atom stereocenters. The molecule has 1 heterocycles. The predicted octanol–water partition coefficient (Wildman–Crippen LogP) is 3.90. The van der Waals surface area contributed by atoms with Gasteiger partial charge in [-0.3, -0.25) is 0 Å². The van der Waals surface area contributed by atoms with Gasteiger partial charge < -0.3 is 4.74 Å². The van der Waals surface area contributed by atoms with E-state index in [4.69, 9.17) is 10.00 Å². The summed E-state index contributed by atoms with van der Waals surface area (Å²) in [5.41, 5.74) is 1.09. The van der Waals surface area contributed by atoms with Crippen molar-refractivity contribution >= 4 is 10.9 Å². The van der Waals surface area contributed by atoms with Gasteiger partial charge in [0.2, 0.25) is 0 Å². The Morgan fingerprint density at radius 2 is 1.74 bits per heavy atom. The Hall–Kier alpha value is -2.86. The molecule has 19 heavy (non-hydrogen) atoms. The molecule has 0 radical (unpaired) electrons. The zero-order valence-corrected chi connectivity index (χ0v) is 10.1. The molecule has 0 aliphatic heterocycles. The van der Waals surface area contributed by atoms with Gasteiger partial charge in [0.1, 0.15) is 23.0 Å². The van der Waals surface area contributed by atoms with Gasteiger partial charge >= 0.3 is 0 Å². The number of fused-ring (bicyclic) bond motifs is 1. The lowest BCUT2D eigenvalue weighted by atomic mass is 10.2. The number of aromatic nitrogens is 1. The summed E-state index contributed by atoms with van der Waals surface area (Å²) >= 11 is 0. The average Bonchev–Trinajstić information content (AvgIpc) is 2.48. The third kappa shape index (κ3) is 2.24. The molecule has 90 valence electrons. The number of hydrogen-bond donors (Lipinski definition) is 0. The fourth-order valence-electron chi connectivity index (χ4n) is 1.88. The van der Waals surface area contributed by atoms with Crippen molar-refractivity contribution in [3.05, 3.63) is 66.4 Å². The molecular weight excluding hydrogens is 236 g/mol. The number of hydrogen-bond acceptors (Lipinski definition) is 3. The molecule has 0 aliphatic carbocycles. The van der Waals surface area contributed by atoms with E-state index in [1.165, 1.54) is 0 Å². The summed E-state index contributed by atoms with van der Waals surface area (Å²) in [6.45, 7) is 0. The van der Waals surface area contributed by atoms with E-state index in [9.17, 15) is 0 Å². The lowest BCUT2D eigenvalue weighted by Gasteiger charge is -2.08. The largest absolute Gasteiger partial charge is 0.455 e. The van der Waals surface area contributed by atoms with E-state index in [0.29, 0.717) is 17.0 Å². The van der Waals surface area contributed by atoms with E-state index < -0.39 is 0 Å². The highest BCUT2D eigenvalue weighted by Gasteiger charge is 2.05. The minimum atomic E-state index is 0.386. The smallest absolute Gasteiger partial charge is 0.153 e. The number of ether oxygens (including phenoxy) is 1. The number of benzene rings is 2. The maximum absolute atomic E-state index is 8.92. The van der Waals surface area contributed by atoms with Gasteiger partial charge in [-0.1, -0.05) is 30.3 Å². The summed E-state index contributed by atoms with van der Waals surface area (Å²) in [4.78, 5) is 4.30. The molecule has 0 N–H and O–H groups in total. The third-order valence-electron chi connectivity index (χ3n) is 2.77. The third-order valence-corrected chi connectivity index (χ3v) is 2.77. The molecule has 0 saturated heterocycles. The highest BCUT2D eigenvalue weighted by atomic mass is 16.5. The van der Waals surface area contributed by atoms with Crippen LogP contribution in [0.4, 0.5) is 0 Å². The van der Waals surface area contributed by atoms with Gasteiger partial charge in [-0.05, 0) is 30.3 Å². The van der Waals surface area contributed by atoms with E-state index in [2.05, 4.69) is 4.98 Å². The molecule has 0 fully saturated rings. The fourth-order valence-corrected chi connectivity index (χ4v) is 1.88. The molecule has 2 aromatic carbocycles. The highest BCUT2D eigenvalue weighted by molar-refractivity contribution is 5.85. The van der Waals surface area contributed by atoms with E-state index in [-0.39, 0.29) is 0 Å². The van der Waals surface area contributed by atoms with Crippen molar-refractivity contribution in [2.24, 2.45) is 0 Å². The van der Waals surface area contributed by atoms with Crippen LogP contribution in [0.5, 0.6) is 11.5 Å². The Kier molecular flexibility index (Phi) is 2.83. The second kappa shape index (κ2) is 4.79. The number of nitriles is 1.